The number of likely N-dealkylation sites (tertiary alicyclic amines) is 1. The van der Waals surface area contributed by atoms with E-state index in [9.17, 15) is 4.79 Å². The maximum Gasteiger partial charge on any atom is 0.232 e. The van der Waals surface area contributed by atoms with Crippen LogP contribution in [0.5, 0.6) is 0 Å². The molecular weight excluding hydrogens is 308 g/mol. The van der Waals surface area contributed by atoms with Crippen LogP contribution in [-0.4, -0.2) is 30.4 Å². The number of para-hydroxylation sites is 1. The third-order valence-corrected chi connectivity index (χ3v) is 6.13. The Balaban J connectivity index is 1.49. The molecular formula is C22H24N2O. The molecule has 25 heavy (non-hydrogen) atoms. The minimum atomic E-state index is 0.129. The lowest BCUT2D eigenvalue weighted by Gasteiger charge is -2.36. The number of aryl methyl sites for hydroxylation is 1. The van der Waals surface area contributed by atoms with Crippen LogP contribution < -0.4 is 4.90 Å². The van der Waals surface area contributed by atoms with E-state index < -0.39 is 0 Å². The highest BCUT2D eigenvalue weighted by Crippen LogP contribution is 2.46. The van der Waals surface area contributed by atoms with Gasteiger partial charge >= 0.3 is 0 Å². The molecule has 3 heteroatoms. The monoisotopic (exact) mass is 332 g/mol. The summed E-state index contributed by atoms with van der Waals surface area (Å²) in [5, 5.41) is 0. The minimum Gasteiger partial charge on any atom is -0.312 e. The Morgan fingerprint density at radius 2 is 1.76 bits per heavy atom. The molecule has 3 heterocycles. The molecule has 0 saturated carbocycles. The fourth-order valence-electron chi connectivity index (χ4n) is 4.98. The van der Waals surface area contributed by atoms with Crippen LogP contribution in [0.2, 0.25) is 0 Å². The molecule has 1 saturated heterocycles. The van der Waals surface area contributed by atoms with Gasteiger partial charge in [0.05, 0.1) is 11.6 Å². The lowest BCUT2D eigenvalue weighted by Crippen LogP contribution is -2.43. The molecule has 0 unspecified atom stereocenters. The quantitative estimate of drug-likeness (QED) is 0.839. The van der Waals surface area contributed by atoms with Crippen LogP contribution in [0.25, 0.3) is 0 Å². The van der Waals surface area contributed by atoms with Gasteiger partial charge in [0, 0.05) is 32.1 Å². The third-order valence-electron chi connectivity index (χ3n) is 6.13. The zero-order valence-electron chi connectivity index (χ0n) is 14.5. The molecule has 0 aromatic heterocycles. The highest BCUT2D eigenvalue weighted by Gasteiger charge is 2.46. The summed E-state index contributed by atoms with van der Waals surface area (Å²) in [5.41, 5.74) is 5.39. The summed E-state index contributed by atoms with van der Waals surface area (Å²) < 4.78 is 0. The fraction of sp³-hybridized carbons (Fsp3) is 0.409. The Kier molecular flexibility index (Phi) is 3.63. The van der Waals surface area contributed by atoms with Crippen LogP contribution in [0.1, 0.15) is 35.4 Å². The second kappa shape index (κ2) is 5.99. The molecule has 1 fully saturated rings. The van der Waals surface area contributed by atoms with Crippen molar-refractivity contribution in [2.75, 3.05) is 24.5 Å². The molecule has 3 aliphatic rings. The van der Waals surface area contributed by atoms with Crippen molar-refractivity contribution in [3.63, 3.8) is 0 Å². The molecule has 3 aliphatic heterocycles. The maximum atomic E-state index is 13.2. The Morgan fingerprint density at radius 1 is 0.920 bits per heavy atom. The summed E-state index contributed by atoms with van der Waals surface area (Å²) in [6, 6.07) is 17.3. The van der Waals surface area contributed by atoms with Gasteiger partial charge in [-0.25, -0.2) is 0 Å². The van der Waals surface area contributed by atoms with Crippen molar-refractivity contribution >= 4 is 11.6 Å². The average Bonchev–Trinajstić information content (AvgIpc) is 2.93. The van der Waals surface area contributed by atoms with Crippen LogP contribution in [0.3, 0.4) is 0 Å². The first-order chi connectivity index (χ1) is 12.3. The van der Waals surface area contributed by atoms with Crippen LogP contribution in [0, 0.1) is 5.92 Å². The summed E-state index contributed by atoms with van der Waals surface area (Å²) in [7, 11) is 0. The first-order valence-corrected chi connectivity index (χ1v) is 9.51. The SMILES string of the molecule is O=C1[C@H]2CN(Cc3ccccc3)C[C@H]2c2cccc3c2N1CCCC3. The first-order valence-electron chi connectivity index (χ1n) is 9.51. The van der Waals surface area contributed by atoms with Gasteiger partial charge in [0.25, 0.3) is 0 Å². The van der Waals surface area contributed by atoms with Crippen molar-refractivity contribution < 1.29 is 4.79 Å². The van der Waals surface area contributed by atoms with Gasteiger partial charge in [-0.15, -0.1) is 0 Å². The number of anilines is 1. The number of amides is 1. The summed E-state index contributed by atoms with van der Waals surface area (Å²) >= 11 is 0. The molecule has 128 valence electrons. The van der Waals surface area contributed by atoms with Crippen molar-refractivity contribution in [3.8, 4) is 0 Å². The van der Waals surface area contributed by atoms with E-state index in [1.54, 1.807) is 0 Å². The highest BCUT2D eigenvalue weighted by molar-refractivity contribution is 6.00. The standard InChI is InChI=1S/C22H24N2O/c25-22-20-15-23(13-16-7-2-1-3-8-16)14-19(20)18-11-6-10-17-9-4-5-12-24(22)21(17)18/h1-3,6-8,10-11,19-20H,4-5,9,12-15H2/t19-,20-/m0/s1. The van der Waals surface area contributed by atoms with Crippen molar-refractivity contribution in [2.24, 2.45) is 5.92 Å². The molecule has 2 aromatic rings. The smallest absolute Gasteiger partial charge is 0.232 e. The molecule has 2 atom stereocenters. The number of benzene rings is 2. The minimum absolute atomic E-state index is 0.129. The second-order valence-electron chi connectivity index (χ2n) is 7.69. The van der Waals surface area contributed by atoms with Crippen LogP contribution >= 0.6 is 0 Å². The zero-order chi connectivity index (χ0) is 16.8. The van der Waals surface area contributed by atoms with Gasteiger partial charge in [-0.2, -0.15) is 0 Å². The molecule has 0 N–H and O–H groups in total. The van der Waals surface area contributed by atoms with Gasteiger partial charge in [-0.05, 0) is 36.0 Å². The average molecular weight is 332 g/mol. The molecule has 0 spiro atoms. The first kappa shape index (κ1) is 15.2. The molecule has 3 nitrogen and oxygen atoms in total. The molecule has 0 radical (unpaired) electrons. The molecule has 1 amide bonds. The van der Waals surface area contributed by atoms with Crippen LogP contribution in [-0.2, 0) is 17.8 Å². The van der Waals surface area contributed by atoms with Crippen molar-refractivity contribution in [1.29, 1.82) is 0 Å². The molecule has 2 aromatic carbocycles. The van der Waals surface area contributed by atoms with Gasteiger partial charge in [-0.3, -0.25) is 9.69 Å². The predicted molar refractivity (Wildman–Crippen MR) is 99.7 cm³/mol. The Morgan fingerprint density at radius 3 is 2.64 bits per heavy atom. The van der Waals surface area contributed by atoms with Gasteiger partial charge in [0.1, 0.15) is 0 Å². The molecule has 5 rings (SSSR count). The van der Waals surface area contributed by atoms with Gasteiger partial charge < -0.3 is 4.90 Å². The van der Waals surface area contributed by atoms with E-state index >= 15 is 0 Å². The van der Waals surface area contributed by atoms with E-state index in [0.29, 0.717) is 11.8 Å². The fourth-order valence-corrected chi connectivity index (χ4v) is 4.98. The summed E-state index contributed by atoms with van der Waals surface area (Å²) in [5.74, 6) is 0.854. The maximum absolute atomic E-state index is 13.2. The number of hydrogen-bond acceptors (Lipinski definition) is 2. The Hall–Kier alpha value is -2.13. The Labute approximate surface area is 149 Å². The number of rotatable bonds is 2. The van der Waals surface area contributed by atoms with Gasteiger partial charge in [0.15, 0.2) is 0 Å². The number of nitrogens with zero attached hydrogens (tertiary/aromatic N) is 2. The van der Waals surface area contributed by atoms with E-state index in [2.05, 4.69) is 58.3 Å². The van der Waals surface area contributed by atoms with E-state index in [1.807, 2.05) is 0 Å². The predicted octanol–water partition coefficient (Wildman–Crippen LogP) is 3.59. The Bertz CT molecular complexity index is 801. The van der Waals surface area contributed by atoms with Crippen molar-refractivity contribution in [3.05, 3.63) is 65.2 Å². The van der Waals surface area contributed by atoms with E-state index in [0.717, 1.165) is 39.0 Å². The molecule has 0 aliphatic carbocycles. The largest absolute Gasteiger partial charge is 0.312 e. The van der Waals surface area contributed by atoms with Gasteiger partial charge in [0.2, 0.25) is 5.91 Å². The highest BCUT2D eigenvalue weighted by atomic mass is 16.2. The number of carbonyl (C=O) groups excluding carboxylic acids is 1. The topological polar surface area (TPSA) is 23.6 Å². The third kappa shape index (κ3) is 2.49. The van der Waals surface area contributed by atoms with Crippen molar-refractivity contribution in [2.45, 2.75) is 31.7 Å². The number of hydrogen-bond donors (Lipinski definition) is 0. The second-order valence-corrected chi connectivity index (χ2v) is 7.69. The van der Waals surface area contributed by atoms with Gasteiger partial charge in [-0.1, -0.05) is 48.5 Å². The number of carbonyl (C=O) groups is 1. The van der Waals surface area contributed by atoms with Crippen molar-refractivity contribution in [1.82, 2.24) is 4.90 Å². The zero-order valence-corrected chi connectivity index (χ0v) is 14.5. The number of fused-ring (bicyclic) bond motifs is 2. The lowest BCUT2D eigenvalue weighted by molar-refractivity contribution is -0.122. The summed E-state index contributed by atoms with van der Waals surface area (Å²) in [4.78, 5) is 17.8. The van der Waals surface area contributed by atoms with Crippen LogP contribution in [0.4, 0.5) is 5.69 Å². The van der Waals surface area contributed by atoms with E-state index in [-0.39, 0.29) is 5.92 Å². The molecule has 0 bridgehead atoms. The normalized spacial score (nSPS) is 25.4. The summed E-state index contributed by atoms with van der Waals surface area (Å²) in [6.07, 6.45) is 3.42. The lowest BCUT2D eigenvalue weighted by atomic mass is 9.82. The van der Waals surface area contributed by atoms with E-state index in [1.165, 1.54) is 28.8 Å². The van der Waals surface area contributed by atoms with E-state index in [4.69, 9.17) is 0 Å². The van der Waals surface area contributed by atoms with Crippen LogP contribution in [0.15, 0.2) is 48.5 Å². The summed E-state index contributed by atoms with van der Waals surface area (Å²) in [6.45, 7) is 3.72.